The number of aryl methyl sites for hydroxylation is 1. The highest BCUT2D eigenvalue weighted by molar-refractivity contribution is 7.89. The molecule has 1 unspecified atom stereocenters. The van der Waals surface area contributed by atoms with Gasteiger partial charge in [0.15, 0.2) is 0 Å². The van der Waals surface area contributed by atoms with Crippen molar-refractivity contribution in [2.75, 3.05) is 13.7 Å². The largest absolute Gasteiger partial charge is 0.372 e. The minimum absolute atomic E-state index is 0.00841. The summed E-state index contributed by atoms with van der Waals surface area (Å²) in [5.74, 6) is 0. The van der Waals surface area contributed by atoms with Crippen molar-refractivity contribution in [1.29, 1.82) is 0 Å². The maximum absolute atomic E-state index is 12.7. The highest BCUT2D eigenvalue weighted by Crippen LogP contribution is 2.29. The van der Waals surface area contributed by atoms with Crippen LogP contribution < -0.4 is 4.72 Å². The van der Waals surface area contributed by atoms with Crippen molar-refractivity contribution >= 4 is 15.7 Å². The number of non-ortho nitro benzene ring substituents is 1. The van der Waals surface area contributed by atoms with E-state index in [4.69, 9.17) is 4.74 Å². The van der Waals surface area contributed by atoms with Gasteiger partial charge < -0.3 is 4.74 Å². The van der Waals surface area contributed by atoms with Gasteiger partial charge in [0, 0.05) is 25.8 Å². The van der Waals surface area contributed by atoms with Gasteiger partial charge in [0.2, 0.25) is 10.0 Å². The van der Waals surface area contributed by atoms with Gasteiger partial charge in [0.1, 0.15) is 5.60 Å². The van der Waals surface area contributed by atoms with Crippen LogP contribution in [0.25, 0.3) is 0 Å². The molecule has 0 aromatic heterocycles. The van der Waals surface area contributed by atoms with E-state index >= 15 is 0 Å². The lowest BCUT2D eigenvalue weighted by Gasteiger charge is -2.32. The van der Waals surface area contributed by atoms with Crippen molar-refractivity contribution in [2.24, 2.45) is 0 Å². The molecule has 2 rings (SSSR count). The molecule has 1 atom stereocenters. The number of benzene rings is 2. The highest BCUT2D eigenvalue weighted by atomic mass is 32.2. The standard InChI is InChI=1S/C18H22N2O5S/c1-4-18(25-3,15-8-6-5-7-9-15)13-19-26(23,24)17-12-16(20(21)22)11-10-14(17)2/h5-12,19H,4,13H2,1-3H3. The maximum atomic E-state index is 12.7. The Morgan fingerprint density at radius 2 is 1.85 bits per heavy atom. The first kappa shape index (κ1) is 20.0. The van der Waals surface area contributed by atoms with Crippen molar-refractivity contribution in [3.05, 3.63) is 69.8 Å². The summed E-state index contributed by atoms with van der Waals surface area (Å²) in [7, 11) is -2.41. The van der Waals surface area contributed by atoms with Gasteiger partial charge in [-0.25, -0.2) is 13.1 Å². The molecule has 140 valence electrons. The Labute approximate surface area is 153 Å². The van der Waals surface area contributed by atoms with Crippen molar-refractivity contribution in [1.82, 2.24) is 4.72 Å². The Kier molecular flexibility index (Phi) is 6.12. The minimum atomic E-state index is -3.94. The molecule has 26 heavy (non-hydrogen) atoms. The third kappa shape index (κ3) is 4.09. The first-order valence-electron chi connectivity index (χ1n) is 8.11. The molecule has 0 radical (unpaired) electrons. The van der Waals surface area contributed by atoms with Gasteiger partial charge in [0.25, 0.3) is 5.69 Å². The first-order valence-corrected chi connectivity index (χ1v) is 9.59. The molecule has 0 heterocycles. The average molecular weight is 378 g/mol. The lowest BCUT2D eigenvalue weighted by atomic mass is 9.91. The van der Waals surface area contributed by atoms with Crippen LogP contribution >= 0.6 is 0 Å². The predicted octanol–water partition coefficient (Wildman–Crippen LogP) is 3.13. The van der Waals surface area contributed by atoms with Gasteiger partial charge >= 0.3 is 0 Å². The quantitative estimate of drug-likeness (QED) is 0.562. The molecular formula is C18H22N2O5S. The van der Waals surface area contributed by atoms with Crippen molar-refractivity contribution in [3.63, 3.8) is 0 Å². The second-order valence-corrected chi connectivity index (χ2v) is 7.68. The van der Waals surface area contributed by atoms with E-state index < -0.39 is 20.5 Å². The smallest absolute Gasteiger partial charge is 0.270 e. The number of hydrogen-bond acceptors (Lipinski definition) is 5. The molecule has 1 N–H and O–H groups in total. The van der Waals surface area contributed by atoms with Gasteiger partial charge in [-0.15, -0.1) is 0 Å². The third-order valence-electron chi connectivity index (χ3n) is 4.48. The molecule has 0 aliphatic carbocycles. The number of methoxy groups -OCH3 is 1. The molecule has 7 nitrogen and oxygen atoms in total. The number of sulfonamides is 1. The van der Waals surface area contributed by atoms with Crippen LogP contribution in [0, 0.1) is 17.0 Å². The van der Waals surface area contributed by atoms with Gasteiger partial charge in [-0.05, 0) is 24.5 Å². The summed E-state index contributed by atoms with van der Waals surface area (Å²) in [5.41, 5.74) is 0.182. The average Bonchev–Trinajstić information content (AvgIpc) is 2.64. The van der Waals surface area contributed by atoms with E-state index in [1.165, 1.54) is 19.2 Å². The Morgan fingerprint density at radius 3 is 2.38 bits per heavy atom. The molecule has 0 aliphatic heterocycles. The number of rotatable bonds is 8. The van der Waals surface area contributed by atoms with Crippen LogP contribution in [0.4, 0.5) is 5.69 Å². The van der Waals surface area contributed by atoms with Crippen LogP contribution in [0.5, 0.6) is 0 Å². The summed E-state index contributed by atoms with van der Waals surface area (Å²) in [6, 6.07) is 13.1. The van der Waals surface area contributed by atoms with Crippen molar-refractivity contribution < 1.29 is 18.1 Å². The Bertz CT molecular complexity index is 878. The molecule has 0 saturated carbocycles. The first-order chi connectivity index (χ1) is 12.3. The fourth-order valence-corrected chi connectivity index (χ4v) is 4.14. The summed E-state index contributed by atoms with van der Waals surface area (Å²) in [4.78, 5) is 10.2. The number of ether oxygens (including phenoxy) is 1. The molecule has 0 spiro atoms. The fraction of sp³-hybridized carbons (Fsp3) is 0.333. The Morgan fingerprint density at radius 1 is 1.19 bits per heavy atom. The molecule has 2 aromatic rings. The van der Waals surface area contributed by atoms with Crippen molar-refractivity contribution in [2.45, 2.75) is 30.8 Å². The summed E-state index contributed by atoms with van der Waals surface area (Å²) >= 11 is 0. The molecule has 0 fully saturated rings. The third-order valence-corrected chi connectivity index (χ3v) is 6.02. The molecule has 8 heteroatoms. The Balaban J connectivity index is 2.34. The number of nitro benzene ring substituents is 1. The summed E-state index contributed by atoms with van der Waals surface area (Å²) in [6.45, 7) is 3.51. The summed E-state index contributed by atoms with van der Waals surface area (Å²) in [6.07, 6.45) is 0.546. The van der Waals surface area contributed by atoms with E-state index in [0.29, 0.717) is 12.0 Å². The van der Waals surface area contributed by atoms with Crippen LogP contribution in [0.15, 0.2) is 53.4 Å². The van der Waals surface area contributed by atoms with E-state index in [9.17, 15) is 18.5 Å². The van der Waals surface area contributed by atoms with E-state index in [0.717, 1.165) is 11.6 Å². The molecule has 0 amide bonds. The van der Waals surface area contributed by atoms with Gasteiger partial charge in [-0.1, -0.05) is 43.3 Å². The predicted molar refractivity (Wildman–Crippen MR) is 98.4 cm³/mol. The van der Waals surface area contributed by atoms with Crippen molar-refractivity contribution in [3.8, 4) is 0 Å². The molecule has 2 aromatic carbocycles. The van der Waals surface area contributed by atoms with Crippen LogP contribution in [-0.2, 0) is 20.4 Å². The van der Waals surface area contributed by atoms with Crippen LogP contribution in [0.3, 0.4) is 0 Å². The second kappa shape index (κ2) is 7.94. The normalized spacial score (nSPS) is 14.0. The van der Waals surface area contributed by atoms with Crippen LogP contribution in [0.1, 0.15) is 24.5 Å². The maximum Gasteiger partial charge on any atom is 0.270 e. The molecular weight excluding hydrogens is 356 g/mol. The number of nitrogens with one attached hydrogen (secondary N) is 1. The summed E-state index contributed by atoms with van der Waals surface area (Å²) in [5, 5.41) is 11.0. The number of nitro groups is 1. The molecule has 0 bridgehead atoms. The van der Waals surface area contributed by atoms with Crippen LogP contribution in [0.2, 0.25) is 0 Å². The zero-order valence-corrected chi connectivity index (χ0v) is 15.7. The minimum Gasteiger partial charge on any atom is -0.372 e. The lowest BCUT2D eigenvalue weighted by Crippen LogP contribution is -2.42. The second-order valence-electron chi connectivity index (χ2n) is 5.95. The van der Waals surface area contributed by atoms with E-state index in [1.807, 2.05) is 37.3 Å². The number of nitrogens with zero attached hydrogens (tertiary/aromatic N) is 1. The van der Waals surface area contributed by atoms with Gasteiger partial charge in [-0.3, -0.25) is 10.1 Å². The van der Waals surface area contributed by atoms with E-state index in [-0.39, 0.29) is 17.1 Å². The number of hydrogen-bond donors (Lipinski definition) is 1. The van der Waals surface area contributed by atoms with E-state index in [2.05, 4.69) is 4.72 Å². The lowest BCUT2D eigenvalue weighted by molar-refractivity contribution is -0.385. The SMILES string of the molecule is CCC(CNS(=O)(=O)c1cc([N+](=O)[O-])ccc1C)(OC)c1ccccc1. The Hall–Kier alpha value is -2.29. The molecule has 0 aliphatic rings. The van der Waals surface area contributed by atoms with Gasteiger partial charge in [-0.2, -0.15) is 0 Å². The summed E-state index contributed by atoms with van der Waals surface area (Å²) < 4.78 is 33.7. The molecule has 0 saturated heterocycles. The van der Waals surface area contributed by atoms with E-state index in [1.54, 1.807) is 6.92 Å². The zero-order chi connectivity index (χ0) is 19.4. The fourth-order valence-electron chi connectivity index (χ4n) is 2.79. The highest BCUT2D eigenvalue weighted by Gasteiger charge is 2.32. The van der Waals surface area contributed by atoms with Gasteiger partial charge in [0.05, 0.1) is 9.82 Å². The monoisotopic (exact) mass is 378 g/mol. The zero-order valence-electron chi connectivity index (χ0n) is 14.9. The topological polar surface area (TPSA) is 98.5 Å². The van der Waals surface area contributed by atoms with Crippen LogP contribution in [-0.4, -0.2) is 27.0 Å².